The van der Waals surface area contributed by atoms with Crippen LogP contribution in [0.25, 0.3) is 0 Å². The number of carbonyl (C=O) groups is 1. The lowest BCUT2D eigenvalue weighted by Gasteiger charge is -2.22. The molecule has 0 spiro atoms. The first kappa shape index (κ1) is 21.1. The number of hydrogen-bond donors (Lipinski definition) is 1. The minimum absolute atomic E-state index is 0.330. The fourth-order valence-electron chi connectivity index (χ4n) is 2.57. The highest BCUT2D eigenvalue weighted by Crippen LogP contribution is 2.25. The van der Waals surface area contributed by atoms with Crippen molar-refractivity contribution in [2.45, 2.75) is 0 Å². The Balaban J connectivity index is 1.73. The first-order chi connectivity index (χ1) is 13.8. The summed E-state index contributed by atoms with van der Waals surface area (Å²) in [5.41, 5.74) is 0.987. The van der Waals surface area contributed by atoms with Crippen LogP contribution in [0.3, 0.4) is 0 Å². The van der Waals surface area contributed by atoms with E-state index in [1.54, 1.807) is 36.4 Å². The number of nitrogens with zero attached hydrogens (tertiary/aromatic N) is 1. The second kappa shape index (κ2) is 9.27. The zero-order chi connectivity index (χ0) is 20.9. The number of carbonyl (C=O) groups excluding carboxylic acids is 1. The Kier molecular flexibility index (Phi) is 6.75. The largest absolute Gasteiger partial charge is 0.457 e. The predicted octanol–water partition coefficient (Wildman–Crippen LogP) is 4.49. The van der Waals surface area contributed by atoms with Gasteiger partial charge in [-0.3, -0.25) is 9.10 Å². The van der Waals surface area contributed by atoms with Crippen molar-refractivity contribution < 1.29 is 17.9 Å². The second-order valence-corrected chi connectivity index (χ2v) is 9.39. The minimum Gasteiger partial charge on any atom is -0.457 e. The number of benzene rings is 3. The topological polar surface area (TPSA) is 75.7 Å². The van der Waals surface area contributed by atoms with Gasteiger partial charge in [0.1, 0.15) is 18.0 Å². The quantitative estimate of drug-likeness (QED) is 0.465. The smallest absolute Gasteiger partial charge is 0.245 e. The monoisotopic (exact) mass is 522 g/mol. The van der Waals surface area contributed by atoms with E-state index in [0.717, 1.165) is 14.1 Å². The predicted molar refractivity (Wildman–Crippen MR) is 123 cm³/mol. The molecule has 6 nitrogen and oxygen atoms in total. The number of halogens is 1. The molecule has 1 amide bonds. The van der Waals surface area contributed by atoms with Crippen LogP contribution in [-0.4, -0.2) is 27.1 Å². The average Bonchev–Trinajstić information content (AvgIpc) is 2.69. The van der Waals surface area contributed by atoms with Crippen molar-refractivity contribution in [3.63, 3.8) is 0 Å². The molecule has 0 saturated heterocycles. The van der Waals surface area contributed by atoms with Gasteiger partial charge in [-0.1, -0.05) is 18.2 Å². The van der Waals surface area contributed by atoms with Crippen LogP contribution in [0.15, 0.2) is 78.9 Å². The number of para-hydroxylation sites is 1. The van der Waals surface area contributed by atoms with Crippen molar-refractivity contribution in [2.75, 3.05) is 22.4 Å². The van der Waals surface area contributed by atoms with Gasteiger partial charge in [-0.15, -0.1) is 0 Å². The molecule has 3 aromatic carbocycles. The van der Waals surface area contributed by atoms with Gasteiger partial charge in [0.2, 0.25) is 15.9 Å². The lowest BCUT2D eigenvalue weighted by atomic mass is 10.3. The van der Waals surface area contributed by atoms with E-state index in [2.05, 4.69) is 27.9 Å². The molecule has 0 aromatic heterocycles. The maximum atomic E-state index is 12.4. The van der Waals surface area contributed by atoms with Crippen molar-refractivity contribution in [1.29, 1.82) is 0 Å². The minimum atomic E-state index is -3.65. The summed E-state index contributed by atoms with van der Waals surface area (Å²) in [5, 5.41) is 2.71. The molecule has 0 unspecified atom stereocenters. The third-order valence-electron chi connectivity index (χ3n) is 3.92. The summed E-state index contributed by atoms with van der Waals surface area (Å²) in [4.78, 5) is 12.4. The van der Waals surface area contributed by atoms with Crippen LogP contribution in [0, 0.1) is 3.57 Å². The molecular weight excluding hydrogens is 503 g/mol. The van der Waals surface area contributed by atoms with Crippen LogP contribution in [0.1, 0.15) is 0 Å². The normalized spacial score (nSPS) is 11.0. The maximum Gasteiger partial charge on any atom is 0.245 e. The molecule has 0 aliphatic rings. The van der Waals surface area contributed by atoms with Gasteiger partial charge in [0, 0.05) is 9.26 Å². The Labute approximate surface area is 183 Å². The summed E-state index contributed by atoms with van der Waals surface area (Å²) in [7, 11) is -3.65. The fraction of sp³-hybridized carbons (Fsp3) is 0.0952. The van der Waals surface area contributed by atoms with Gasteiger partial charge in [-0.05, 0) is 83.3 Å². The first-order valence-corrected chi connectivity index (χ1v) is 11.6. The Bertz CT molecular complexity index is 1070. The highest BCUT2D eigenvalue weighted by atomic mass is 127. The molecular formula is C21H19IN2O4S. The van der Waals surface area contributed by atoms with Gasteiger partial charge < -0.3 is 10.1 Å². The van der Waals surface area contributed by atoms with Crippen LogP contribution in [0.2, 0.25) is 0 Å². The molecule has 0 fully saturated rings. The molecule has 0 saturated carbocycles. The number of amides is 1. The van der Waals surface area contributed by atoms with E-state index in [0.29, 0.717) is 22.9 Å². The van der Waals surface area contributed by atoms with Crippen LogP contribution < -0.4 is 14.4 Å². The van der Waals surface area contributed by atoms with E-state index in [1.807, 2.05) is 42.5 Å². The van der Waals surface area contributed by atoms with E-state index in [-0.39, 0.29) is 6.54 Å². The average molecular weight is 522 g/mol. The van der Waals surface area contributed by atoms with Crippen molar-refractivity contribution >= 4 is 49.9 Å². The van der Waals surface area contributed by atoms with Crippen molar-refractivity contribution in [3.05, 3.63) is 82.4 Å². The van der Waals surface area contributed by atoms with Gasteiger partial charge >= 0.3 is 0 Å². The molecule has 0 aliphatic heterocycles. The molecule has 8 heteroatoms. The molecule has 0 radical (unpaired) electrons. The van der Waals surface area contributed by atoms with Crippen LogP contribution in [0.5, 0.6) is 11.5 Å². The Morgan fingerprint density at radius 1 is 0.931 bits per heavy atom. The van der Waals surface area contributed by atoms with Crippen LogP contribution >= 0.6 is 22.6 Å². The van der Waals surface area contributed by atoms with E-state index in [9.17, 15) is 13.2 Å². The number of anilines is 2. The Hall–Kier alpha value is -2.59. The molecule has 0 atom stereocenters. The lowest BCUT2D eigenvalue weighted by Crippen LogP contribution is -2.37. The highest BCUT2D eigenvalue weighted by molar-refractivity contribution is 14.1. The number of rotatable bonds is 7. The summed E-state index contributed by atoms with van der Waals surface area (Å²) in [5.74, 6) is 0.815. The number of hydrogen-bond acceptors (Lipinski definition) is 4. The van der Waals surface area contributed by atoms with Crippen molar-refractivity contribution in [3.8, 4) is 11.5 Å². The summed E-state index contributed by atoms with van der Waals surface area (Å²) in [6, 6.07) is 23.1. The Morgan fingerprint density at radius 2 is 1.52 bits per heavy atom. The molecule has 0 heterocycles. The third-order valence-corrected chi connectivity index (χ3v) is 5.78. The molecule has 150 valence electrons. The summed E-state index contributed by atoms with van der Waals surface area (Å²) in [6.45, 7) is -0.330. The van der Waals surface area contributed by atoms with Crippen molar-refractivity contribution in [1.82, 2.24) is 0 Å². The zero-order valence-corrected chi connectivity index (χ0v) is 18.6. The fourth-order valence-corrected chi connectivity index (χ4v) is 3.79. The molecule has 3 rings (SSSR count). The van der Waals surface area contributed by atoms with Crippen LogP contribution in [-0.2, 0) is 14.8 Å². The summed E-state index contributed by atoms with van der Waals surface area (Å²) in [6.07, 6.45) is 1.07. The third kappa shape index (κ3) is 6.20. The Morgan fingerprint density at radius 3 is 2.10 bits per heavy atom. The molecule has 29 heavy (non-hydrogen) atoms. The summed E-state index contributed by atoms with van der Waals surface area (Å²) >= 11 is 2.17. The van der Waals surface area contributed by atoms with Crippen molar-refractivity contribution in [2.24, 2.45) is 0 Å². The number of sulfonamides is 1. The molecule has 0 aliphatic carbocycles. The number of ether oxygens (including phenoxy) is 1. The molecule has 0 bridgehead atoms. The first-order valence-electron chi connectivity index (χ1n) is 8.67. The van der Waals surface area contributed by atoms with Gasteiger partial charge in [0.05, 0.1) is 11.9 Å². The van der Waals surface area contributed by atoms with Gasteiger partial charge in [0.25, 0.3) is 0 Å². The number of nitrogens with one attached hydrogen (secondary N) is 1. The van der Waals surface area contributed by atoms with Gasteiger partial charge in [0.15, 0.2) is 0 Å². The standard InChI is InChI=1S/C21H19IN2O4S/c1-29(26,27)24(15-21(25)23-17-9-7-16(22)8-10-17)18-11-13-20(14-12-18)28-19-5-3-2-4-6-19/h2-14H,15H2,1H3,(H,23,25). The zero-order valence-electron chi connectivity index (χ0n) is 15.6. The molecule has 1 N–H and O–H groups in total. The lowest BCUT2D eigenvalue weighted by molar-refractivity contribution is -0.114. The highest BCUT2D eigenvalue weighted by Gasteiger charge is 2.21. The van der Waals surface area contributed by atoms with Crippen LogP contribution in [0.4, 0.5) is 11.4 Å². The van der Waals surface area contributed by atoms with E-state index in [1.165, 1.54) is 0 Å². The van der Waals surface area contributed by atoms with Gasteiger partial charge in [-0.25, -0.2) is 8.42 Å². The summed E-state index contributed by atoms with van der Waals surface area (Å²) < 4.78 is 32.3. The SMILES string of the molecule is CS(=O)(=O)N(CC(=O)Nc1ccc(I)cc1)c1ccc(Oc2ccccc2)cc1. The van der Waals surface area contributed by atoms with E-state index >= 15 is 0 Å². The van der Waals surface area contributed by atoms with E-state index in [4.69, 9.17) is 4.74 Å². The maximum absolute atomic E-state index is 12.4. The molecule has 3 aromatic rings. The second-order valence-electron chi connectivity index (χ2n) is 6.23. The van der Waals surface area contributed by atoms with E-state index < -0.39 is 15.9 Å². The van der Waals surface area contributed by atoms with Gasteiger partial charge in [-0.2, -0.15) is 0 Å².